The first kappa shape index (κ1) is 20.3. The lowest BCUT2D eigenvalue weighted by Gasteiger charge is -2.13. The molecule has 32 heavy (non-hydrogen) atoms. The number of sulfone groups is 1. The zero-order valence-electron chi connectivity index (χ0n) is 17.6. The Bertz CT molecular complexity index is 1480. The number of H-pyrrole nitrogens is 1. The Kier molecular flexibility index (Phi) is 4.74. The smallest absolute Gasteiger partial charge is 0.277 e. The summed E-state index contributed by atoms with van der Waals surface area (Å²) in [6, 6.07) is 12.2. The Hall–Kier alpha value is -3.66. The van der Waals surface area contributed by atoms with Crippen molar-refractivity contribution in [2.75, 3.05) is 16.9 Å². The number of aromatic nitrogens is 4. The third-order valence-electron chi connectivity index (χ3n) is 5.46. The van der Waals surface area contributed by atoms with Crippen molar-refractivity contribution < 1.29 is 8.42 Å². The predicted octanol–water partition coefficient (Wildman–Crippen LogP) is 3.42. The Labute approximate surface area is 184 Å². The summed E-state index contributed by atoms with van der Waals surface area (Å²) in [6.07, 6.45) is 5.43. The van der Waals surface area contributed by atoms with E-state index >= 15 is 0 Å². The van der Waals surface area contributed by atoms with Gasteiger partial charge in [0, 0.05) is 25.6 Å². The van der Waals surface area contributed by atoms with Crippen LogP contribution in [0.5, 0.6) is 0 Å². The molecule has 1 aromatic carbocycles. The third kappa shape index (κ3) is 3.84. The van der Waals surface area contributed by atoms with E-state index in [1.165, 1.54) is 29.2 Å². The van der Waals surface area contributed by atoms with Gasteiger partial charge in [0.05, 0.1) is 16.3 Å². The molecule has 1 fully saturated rings. The zero-order valence-corrected chi connectivity index (χ0v) is 18.4. The van der Waals surface area contributed by atoms with Crippen LogP contribution in [-0.2, 0) is 16.9 Å². The van der Waals surface area contributed by atoms with Crippen LogP contribution in [0.1, 0.15) is 24.3 Å². The summed E-state index contributed by atoms with van der Waals surface area (Å²) in [6.45, 7) is 0. The van der Waals surface area contributed by atoms with Crippen molar-refractivity contribution >= 4 is 43.9 Å². The van der Waals surface area contributed by atoms with Gasteiger partial charge in [-0.25, -0.2) is 18.4 Å². The van der Waals surface area contributed by atoms with E-state index in [4.69, 9.17) is 0 Å². The van der Waals surface area contributed by atoms with Crippen LogP contribution in [0.15, 0.2) is 58.4 Å². The number of hydrogen-bond acceptors (Lipinski definition) is 7. The second-order valence-corrected chi connectivity index (χ2v) is 10.0. The Balaban J connectivity index is 1.56. The van der Waals surface area contributed by atoms with Gasteiger partial charge in [0.25, 0.3) is 5.56 Å². The highest BCUT2D eigenvalue weighted by atomic mass is 32.2. The molecule has 3 N–H and O–H groups in total. The van der Waals surface area contributed by atoms with E-state index in [1.54, 1.807) is 31.3 Å². The Morgan fingerprint density at radius 2 is 1.84 bits per heavy atom. The summed E-state index contributed by atoms with van der Waals surface area (Å²) in [4.78, 5) is 21.8. The molecule has 1 aliphatic rings. The molecule has 164 valence electrons. The summed E-state index contributed by atoms with van der Waals surface area (Å²) in [5.74, 6) is 1.71. The van der Waals surface area contributed by atoms with Crippen molar-refractivity contribution in [2.24, 2.45) is 7.05 Å². The highest BCUT2D eigenvalue weighted by Crippen LogP contribution is 2.40. The van der Waals surface area contributed by atoms with Crippen molar-refractivity contribution in [2.45, 2.75) is 23.7 Å². The van der Waals surface area contributed by atoms with Gasteiger partial charge in [-0.2, -0.15) is 0 Å². The van der Waals surface area contributed by atoms with Gasteiger partial charge in [-0.3, -0.25) is 14.6 Å². The number of aryl methyl sites for hydroxylation is 1. The molecule has 0 saturated heterocycles. The van der Waals surface area contributed by atoms with Gasteiger partial charge in [-0.15, -0.1) is 0 Å². The van der Waals surface area contributed by atoms with Crippen molar-refractivity contribution in [1.29, 1.82) is 0 Å². The molecule has 1 saturated carbocycles. The number of nitrogens with one attached hydrogen (secondary N) is 3. The molecule has 4 aromatic rings. The Morgan fingerprint density at radius 1 is 1.06 bits per heavy atom. The molecule has 0 bridgehead atoms. The molecule has 0 spiro atoms. The van der Waals surface area contributed by atoms with E-state index in [1.807, 2.05) is 12.3 Å². The van der Waals surface area contributed by atoms with E-state index in [2.05, 4.69) is 31.8 Å². The minimum atomic E-state index is -3.47. The van der Waals surface area contributed by atoms with Crippen LogP contribution in [0.25, 0.3) is 11.0 Å². The van der Waals surface area contributed by atoms with Gasteiger partial charge in [-0.05, 0) is 42.5 Å². The number of para-hydroxylation sites is 1. The highest BCUT2D eigenvalue weighted by molar-refractivity contribution is 7.90. The van der Waals surface area contributed by atoms with Crippen LogP contribution in [0, 0.1) is 0 Å². The first-order chi connectivity index (χ1) is 15.3. The topological polar surface area (TPSA) is 122 Å². The molecule has 1 aliphatic carbocycles. The maximum atomic E-state index is 12.7. The second-order valence-electron chi connectivity index (χ2n) is 8.02. The van der Waals surface area contributed by atoms with Crippen molar-refractivity contribution in [3.63, 3.8) is 0 Å². The van der Waals surface area contributed by atoms with Crippen LogP contribution in [-0.4, -0.2) is 34.4 Å². The fourth-order valence-electron chi connectivity index (χ4n) is 3.69. The van der Waals surface area contributed by atoms with Crippen LogP contribution in [0.3, 0.4) is 0 Å². The van der Waals surface area contributed by atoms with Crippen LogP contribution < -0.4 is 16.2 Å². The van der Waals surface area contributed by atoms with Crippen molar-refractivity contribution in [1.82, 2.24) is 19.7 Å². The van der Waals surface area contributed by atoms with Gasteiger partial charge in [0.2, 0.25) is 0 Å². The molecule has 5 rings (SSSR count). The molecule has 0 unspecified atom stereocenters. The van der Waals surface area contributed by atoms with Crippen LogP contribution in [0.4, 0.5) is 23.0 Å². The molecule has 3 heterocycles. The first-order valence-corrected chi connectivity index (χ1v) is 12.1. The fourth-order valence-corrected chi connectivity index (χ4v) is 4.53. The average molecular weight is 451 g/mol. The van der Waals surface area contributed by atoms with Gasteiger partial charge >= 0.3 is 0 Å². The molecular weight excluding hydrogens is 428 g/mol. The van der Waals surface area contributed by atoms with E-state index in [-0.39, 0.29) is 10.5 Å². The lowest BCUT2D eigenvalue weighted by molar-refractivity contribution is 0.602. The quantitative estimate of drug-likeness (QED) is 0.411. The molecule has 9 nitrogen and oxygen atoms in total. The van der Waals surface area contributed by atoms with E-state index in [0.29, 0.717) is 40.0 Å². The van der Waals surface area contributed by atoms with Gasteiger partial charge < -0.3 is 10.6 Å². The SMILES string of the molecule is Cn1[nH]c2nc(Nc3ccc(C4CC4)cn3)cc(Nc3ccccc3S(C)(=O)=O)c2c1=O. The van der Waals surface area contributed by atoms with Crippen molar-refractivity contribution in [3.05, 3.63) is 64.6 Å². The zero-order chi connectivity index (χ0) is 22.5. The molecule has 3 aromatic heterocycles. The highest BCUT2D eigenvalue weighted by Gasteiger charge is 2.23. The summed E-state index contributed by atoms with van der Waals surface area (Å²) in [5, 5.41) is 9.55. The van der Waals surface area contributed by atoms with Gasteiger partial charge in [-0.1, -0.05) is 18.2 Å². The monoisotopic (exact) mass is 450 g/mol. The number of benzene rings is 1. The van der Waals surface area contributed by atoms with Gasteiger partial charge in [0.1, 0.15) is 17.0 Å². The standard InChI is InChI=1S/C22H22N6O3S/c1-28-22(29)20-16(24-15-5-3-4-6-17(15)32(2,30)31)11-19(26-21(20)27-28)25-18-10-9-14(12-23-18)13-7-8-13/h3-6,9-13H,7-8H2,1-2H3,(H3,23,24,25,26,27). The lowest BCUT2D eigenvalue weighted by atomic mass is 10.2. The molecule has 0 atom stereocenters. The molecular formula is C22H22N6O3S. The van der Waals surface area contributed by atoms with E-state index in [9.17, 15) is 13.2 Å². The first-order valence-electron chi connectivity index (χ1n) is 10.2. The third-order valence-corrected chi connectivity index (χ3v) is 6.61. The molecule has 0 radical (unpaired) electrons. The summed E-state index contributed by atoms with van der Waals surface area (Å²) in [7, 11) is -1.87. The number of aromatic amines is 1. The number of pyridine rings is 2. The fraction of sp³-hybridized carbons (Fsp3) is 0.227. The molecule has 0 amide bonds. The Morgan fingerprint density at radius 3 is 2.53 bits per heavy atom. The van der Waals surface area contributed by atoms with E-state index in [0.717, 1.165) is 6.26 Å². The maximum absolute atomic E-state index is 12.7. The van der Waals surface area contributed by atoms with Gasteiger partial charge in [0.15, 0.2) is 15.5 Å². The number of hydrogen-bond donors (Lipinski definition) is 3. The number of nitrogens with zero attached hydrogens (tertiary/aromatic N) is 3. The van der Waals surface area contributed by atoms with Crippen LogP contribution >= 0.6 is 0 Å². The summed E-state index contributed by atoms with van der Waals surface area (Å²) >= 11 is 0. The van der Waals surface area contributed by atoms with Crippen molar-refractivity contribution in [3.8, 4) is 0 Å². The average Bonchev–Trinajstić information content (AvgIpc) is 3.55. The number of fused-ring (bicyclic) bond motifs is 1. The number of rotatable bonds is 6. The minimum absolute atomic E-state index is 0.143. The normalized spacial score (nSPS) is 13.9. The van der Waals surface area contributed by atoms with Crippen LogP contribution in [0.2, 0.25) is 0 Å². The van der Waals surface area contributed by atoms with E-state index < -0.39 is 9.84 Å². The number of anilines is 4. The largest absolute Gasteiger partial charge is 0.354 e. The minimum Gasteiger partial charge on any atom is -0.354 e. The molecule has 10 heteroatoms. The molecule has 0 aliphatic heterocycles. The maximum Gasteiger partial charge on any atom is 0.277 e. The second kappa shape index (κ2) is 7.49. The summed E-state index contributed by atoms with van der Waals surface area (Å²) in [5.41, 5.74) is 2.14. The summed E-state index contributed by atoms with van der Waals surface area (Å²) < 4.78 is 25.8. The lowest BCUT2D eigenvalue weighted by Crippen LogP contribution is -2.12. The predicted molar refractivity (Wildman–Crippen MR) is 124 cm³/mol.